The zero-order chi connectivity index (χ0) is 17.6. The molecular weight excluding hydrogens is 336 g/mol. The van der Waals surface area contributed by atoms with E-state index in [0.717, 1.165) is 10.6 Å². The minimum absolute atomic E-state index is 0.0119. The number of aromatic nitrogens is 2. The number of amides is 1. The summed E-state index contributed by atoms with van der Waals surface area (Å²) in [5.41, 5.74) is 1.40. The van der Waals surface area contributed by atoms with Gasteiger partial charge in [0.2, 0.25) is 11.7 Å². The molecule has 7 heteroatoms. The molecule has 130 valence electrons. The predicted octanol–water partition coefficient (Wildman–Crippen LogP) is 3.89. The Labute approximate surface area is 150 Å². The van der Waals surface area contributed by atoms with Crippen LogP contribution in [0.3, 0.4) is 0 Å². The first kappa shape index (κ1) is 17.2. The van der Waals surface area contributed by atoms with Crippen LogP contribution >= 0.6 is 11.3 Å². The Hall–Kier alpha value is -2.67. The van der Waals surface area contributed by atoms with Crippen molar-refractivity contribution < 1.29 is 9.32 Å². The van der Waals surface area contributed by atoms with Gasteiger partial charge in [-0.1, -0.05) is 23.4 Å². The average Bonchev–Trinajstić information content (AvgIpc) is 3.32. The second-order valence-corrected chi connectivity index (χ2v) is 6.31. The van der Waals surface area contributed by atoms with Crippen molar-refractivity contribution in [3.63, 3.8) is 0 Å². The van der Waals surface area contributed by atoms with Crippen molar-refractivity contribution in [2.45, 2.75) is 20.4 Å². The molecule has 3 rings (SSSR count). The molecule has 1 aromatic carbocycles. The van der Waals surface area contributed by atoms with E-state index in [0.29, 0.717) is 36.9 Å². The molecule has 6 nitrogen and oxygen atoms in total. The zero-order valence-corrected chi connectivity index (χ0v) is 15.0. The molecule has 2 aromatic heterocycles. The minimum Gasteiger partial charge on any atom is -0.375 e. The third-order valence-electron chi connectivity index (χ3n) is 3.85. The SMILES string of the molecule is CCN(CC)C(=O)c1ccccc1NCc1nc(-c2cccs2)no1. The monoisotopic (exact) mass is 356 g/mol. The number of thiophene rings is 1. The van der Waals surface area contributed by atoms with Gasteiger partial charge in [0, 0.05) is 18.8 Å². The van der Waals surface area contributed by atoms with Crippen molar-refractivity contribution in [2.24, 2.45) is 0 Å². The summed E-state index contributed by atoms with van der Waals surface area (Å²) in [7, 11) is 0. The Morgan fingerprint density at radius 3 is 2.72 bits per heavy atom. The van der Waals surface area contributed by atoms with Crippen LogP contribution in [0.15, 0.2) is 46.3 Å². The van der Waals surface area contributed by atoms with Crippen LogP contribution in [0.1, 0.15) is 30.1 Å². The summed E-state index contributed by atoms with van der Waals surface area (Å²) >= 11 is 1.56. The molecule has 0 saturated carbocycles. The summed E-state index contributed by atoms with van der Waals surface area (Å²) in [6.45, 7) is 5.67. The Morgan fingerprint density at radius 2 is 2.00 bits per heavy atom. The van der Waals surface area contributed by atoms with Gasteiger partial charge in [-0.15, -0.1) is 11.3 Å². The smallest absolute Gasteiger partial charge is 0.255 e. The maximum Gasteiger partial charge on any atom is 0.255 e. The third-order valence-corrected chi connectivity index (χ3v) is 4.71. The van der Waals surface area contributed by atoms with Gasteiger partial charge in [-0.25, -0.2) is 0 Å². The van der Waals surface area contributed by atoms with E-state index in [1.807, 2.05) is 55.6 Å². The number of hydrogen-bond donors (Lipinski definition) is 1. The van der Waals surface area contributed by atoms with Crippen LogP contribution in [0.2, 0.25) is 0 Å². The number of nitrogens with one attached hydrogen (secondary N) is 1. The number of rotatable bonds is 7. The molecule has 0 spiro atoms. The van der Waals surface area contributed by atoms with Crippen molar-refractivity contribution in [2.75, 3.05) is 18.4 Å². The molecule has 2 heterocycles. The van der Waals surface area contributed by atoms with Crippen LogP contribution in [0.5, 0.6) is 0 Å². The largest absolute Gasteiger partial charge is 0.375 e. The second-order valence-electron chi connectivity index (χ2n) is 5.37. The lowest BCUT2D eigenvalue weighted by Gasteiger charge is -2.20. The number of carbonyl (C=O) groups excluding carboxylic acids is 1. The van der Waals surface area contributed by atoms with Crippen LogP contribution in [0.4, 0.5) is 5.69 Å². The van der Waals surface area contributed by atoms with E-state index < -0.39 is 0 Å². The van der Waals surface area contributed by atoms with Gasteiger partial charge in [0.05, 0.1) is 17.0 Å². The van der Waals surface area contributed by atoms with Gasteiger partial charge in [-0.3, -0.25) is 4.79 Å². The van der Waals surface area contributed by atoms with E-state index in [9.17, 15) is 4.79 Å². The first-order valence-electron chi connectivity index (χ1n) is 8.21. The number of hydrogen-bond acceptors (Lipinski definition) is 6. The number of nitrogens with zero attached hydrogens (tertiary/aromatic N) is 3. The van der Waals surface area contributed by atoms with Crippen molar-refractivity contribution in [1.82, 2.24) is 15.0 Å². The van der Waals surface area contributed by atoms with Gasteiger partial charge >= 0.3 is 0 Å². The van der Waals surface area contributed by atoms with Crippen molar-refractivity contribution in [3.8, 4) is 10.7 Å². The maximum atomic E-state index is 12.6. The van der Waals surface area contributed by atoms with Gasteiger partial charge in [0.25, 0.3) is 5.91 Å². The highest BCUT2D eigenvalue weighted by Crippen LogP contribution is 2.22. The summed E-state index contributed by atoms with van der Waals surface area (Å²) in [6.07, 6.45) is 0. The van der Waals surface area contributed by atoms with E-state index in [4.69, 9.17) is 4.52 Å². The van der Waals surface area contributed by atoms with E-state index in [2.05, 4.69) is 15.5 Å². The first-order chi connectivity index (χ1) is 12.2. The fraction of sp³-hybridized carbons (Fsp3) is 0.278. The topological polar surface area (TPSA) is 71.3 Å². The molecule has 0 aliphatic carbocycles. The molecule has 1 amide bonds. The highest BCUT2D eigenvalue weighted by molar-refractivity contribution is 7.13. The molecule has 0 unspecified atom stereocenters. The fourth-order valence-corrected chi connectivity index (χ4v) is 3.16. The summed E-state index contributed by atoms with van der Waals surface area (Å²) in [4.78, 5) is 19.8. The lowest BCUT2D eigenvalue weighted by molar-refractivity contribution is 0.0774. The normalized spacial score (nSPS) is 10.6. The molecule has 0 atom stereocenters. The van der Waals surface area contributed by atoms with Crippen LogP contribution < -0.4 is 5.32 Å². The molecular formula is C18H20N4O2S. The lowest BCUT2D eigenvalue weighted by Crippen LogP contribution is -2.31. The number of carbonyl (C=O) groups is 1. The molecule has 0 aliphatic rings. The molecule has 0 saturated heterocycles. The molecule has 0 aliphatic heterocycles. The van der Waals surface area contributed by atoms with E-state index in [1.54, 1.807) is 16.2 Å². The minimum atomic E-state index is 0.0119. The van der Waals surface area contributed by atoms with Crippen molar-refractivity contribution in [3.05, 3.63) is 53.2 Å². The van der Waals surface area contributed by atoms with Crippen molar-refractivity contribution in [1.29, 1.82) is 0 Å². The summed E-state index contributed by atoms with van der Waals surface area (Å²) < 4.78 is 5.29. The molecule has 0 bridgehead atoms. The molecule has 3 aromatic rings. The quantitative estimate of drug-likeness (QED) is 0.695. The summed E-state index contributed by atoms with van der Waals surface area (Å²) in [5, 5.41) is 9.20. The Bertz CT molecular complexity index is 825. The van der Waals surface area contributed by atoms with E-state index in [-0.39, 0.29) is 5.91 Å². The molecule has 0 radical (unpaired) electrons. The van der Waals surface area contributed by atoms with Crippen molar-refractivity contribution >= 4 is 22.9 Å². The van der Waals surface area contributed by atoms with Gasteiger partial charge in [-0.2, -0.15) is 4.98 Å². The van der Waals surface area contributed by atoms with Gasteiger partial charge in [0.15, 0.2) is 0 Å². The summed E-state index contributed by atoms with van der Waals surface area (Å²) in [6, 6.07) is 11.4. The first-order valence-corrected chi connectivity index (χ1v) is 9.09. The zero-order valence-electron chi connectivity index (χ0n) is 14.2. The Kier molecular flexibility index (Phi) is 5.45. The van der Waals surface area contributed by atoms with Crippen LogP contribution in [0, 0.1) is 0 Å². The Morgan fingerprint density at radius 1 is 1.20 bits per heavy atom. The lowest BCUT2D eigenvalue weighted by atomic mass is 10.1. The predicted molar refractivity (Wildman–Crippen MR) is 98.6 cm³/mol. The van der Waals surface area contributed by atoms with E-state index >= 15 is 0 Å². The number of para-hydroxylation sites is 1. The summed E-state index contributed by atoms with van der Waals surface area (Å²) in [5.74, 6) is 1.07. The highest BCUT2D eigenvalue weighted by atomic mass is 32.1. The standard InChI is InChI=1S/C18H20N4O2S/c1-3-22(4-2)18(23)13-8-5-6-9-14(13)19-12-16-20-17(21-24-16)15-10-7-11-25-15/h5-11,19H,3-4,12H2,1-2H3. The van der Waals surface area contributed by atoms with Crippen LogP contribution in [0.25, 0.3) is 10.7 Å². The molecule has 25 heavy (non-hydrogen) atoms. The molecule has 1 N–H and O–H groups in total. The van der Waals surface area contributed by atoms with Crippen LogP contribution in [-0.4, -0.2) is 34.0 Å². The fourth-order valence-electron chi connectivity index (χ4n) is 2.51. The van der Waals surface area contributed by atoms with E-state index in [1.165, 1.54) is 0 Å². The molecule has 0 fully saturated rings. The average molecular weight is 356 g/mol. The van der Waals surface area contributed by atoms with Gasteiger partial charge in [0.1, 0.15) is 0 Å². The Balaban J connectivity index is 1.73. The number of benzene rings is 1. The highest BCUT2D eigenvalue weighted by Gasteiger charge is 2.16. The third kappa shape index (κ3) is 3.88. The number of anilines is 1. The van der Waals surface area contributed by atoms with Gasteiger partial charge in [-0.05, 0) is 37.4 Å². The van der Waals surface area contributed by atoms with Crippen LogP contribution in [-0.2, 0) is 6.54 Å². The maximum absolute atomic E-state index is 12.6. The van der Waals surface area contributed by atoms with Gasteiger partial charge < -0.3 is 14.7 Å². The second kappa shape index (κ2) is 7.94.